The Morgan fingerprint density at radius 3 is 2.84 bits per heavy atom. The van der Waals surface area contributed by atoms with Crippen LogP contribution in [-0.2, 0) is 18.4 Å². The Hall–Kier alpha value is -4.09. The highest BCUT2D eigenvalue weighted by Crippen LogP contribution is 2.31. The van der Waals surface area contributed by atoms with Crippen LogP contribution in [0.1, 0.15) is 11.1 Å². The molecule has 154 valence electrons. The fraction of sp³-hybridized carbons (Fsp3) is 0.0909. The number of hydrogen-bond acceptors (Lipinski definition) is 5. The third-order valence-corrected chi connectivity index (χ3v) is 4.93. The summed E-state index contributed by atoms with van der Waals surface area (Å²) in [6.45, 7) is 3.63. The SMILES string of the molecule is C=CC(=O)Nc1cc(COc2cc(-c3cnn(C)c3)cn3ncc(C#N)c23)ccc1Cl. The molecular weight excluding hydrogens is 416 g/mol. The molecule has 31 heavy (non-hydrogen) atoms. The smallest absolute Gasteiger partial charge is 0.247 e. The van der Waals surface area contributed by atoms with Gasteiger partial charge in [-0.2, -0.15) is 15.5 Å². The molecule has 0 fully saturated rings. The van der Waals surface area contributed by atoms with Gasteiger partial charge < -0.3 is 10.1 Å². The lowest BCUT2D eigenvalue weighted by molar-refractivity contribution is -0.111. The van der Waals surface area contributed by atoms with E-state index in [0.29, 0.717) is 27.5 Å². The van der Waals surface area contributed by atoms with Crippen LogP contribution in [0, 0.1) is 11.3 Å². The van der Waals surface area contributed by atoms with Crippen molar-refractivity contribution >= 4 is 28.7 Å². The van der Waals surface area contributed by atoms with E-state index < -0.39 is 0 Å². The minimum atomic E-state index is -0.358. The predicted octanol–water partition coefficient (Wildman–Crippen LogP) is 3.96. The zero-order valence-electron chi connectivity index (χ0n) is 16.5. The third-order valence-electron chi connectivity index (χ3n) is 4.60. The van der Waals surface area contributed by atoms with Crippen LogP contribution >= 0.6 is 11.6 Å². The van der Waals surface area contributed by atoms with Crippen molar-refractivity contribution in [3.8, 4) is 22.9 Å². The summed E-state index contributed by atoms with van der Waals surface area (Å²) in [7, 11) is 1.84. The number of fused-ring (bicyclic) bond motifs is 1. The van der Waals surface area contributed by atoms with Crippen molar-refractivity contribution in [3.05, 3.63) is 77.9 Å². The minimum absolute atomic E-state index is 0.191. The molecule has 0 aliphatic heterocycles. The van der Waals surface area contributed by atoms with Crippen LogP contribution in [0.15, 0.2) is 61.7 Å². The second-order valence-electron chi connectivity index (χ2n) is 6.76. The number of carbonyl (C=O) groups is 1. The van der Waals surface area contributed by atoms with E-state index in [1.165, 1.54) is 12.3 Å². The highest BCUT2D eigenvalue weighted by atomic mass is 35.5. The van der Waals surface area contributed by atoms with Crippen LogP contribution in [0.3, 0.4) is 0 Å². The number of carbonyl (C=O) groups excluding carboxylic acids is 1. The normalized spacial score (nSPS) is 10.6. The molecule has 3 heterocycles. The Kier molecular flexibility index (Phi) is 5.43. The maximum Gasteiger partial charge on any atom is 0.247 e. The first-order chi connectivity index (χ1) is 15.0. The Morgan fingerprint density at radius 1 is 1.29 bits per heavy atom. The van der Waals surface area contributed by atoms with E-state index in [9.17, 15) is 10.1 Å². The number of amides is 1. The molecule has 0 aliphatic carbocycles. The van der Waals surface area contributed by atoms with Crippen LogP contribution in [0.25, 0.3) is 16.6 Å². The van der Waals surface area contributed by atoms with Crippen LogP contribution in [0.4, 0.5) is 5.69 Å². The van der Waals surface area contributed by atoms with Gasteiger partial charge in [0.15, 0.2) is 0 Å². The molecular formula is C22H17ClN6O2. The fourth-order valence-electron chi connectivity index (χ4n) is 3.11. The van der Waals surface area contributed by atoms with Crippen LogP contribution in [0.5, 0.6) is 5.75 Å². The first kappa shape index (κ1) is 20.2. The van der Waals surface area contributed by atoms with E-state index in [1.807, 2.05) is 25.5 Å². The van der Waals surface area contributed by atoms with Gasteiger partial charge in [0.25, 0.3) is 0 Å². The van der Waals surface area contributed by atoms with Gasteiger partial charge in [0, 0.05) is 30.6 Å². The van der Waals surface area contributed by atoms with Crippen molar-refractivity contribution in [1.29, 1.82) is 5.26 Å². The quantitative estimate of drug-likeness (QED) is 0.465. The standard InChI is InChI=1S/C22H17ClN6O2/c1-3-21(30)27-19-6-14(4-5-18(19)23)13-31-20-7-15(17-10-25-28(2)11-17)12-29-22(20)16(8-24)9-26-29/h3-7,9-12H,1,13H2,2H3,(H,27,30). The number of rotatable bonds is 6. The molecule has 0 saturated heterocycles. The summed E-state index contributed by atoms with van der Waals surface area (Å²) in [5.74, 6) is 0.144. The second-order valence-corrected chi connectivity index (χ2v) is 7.16. The lowest BCUT2D eigenvalue weighted by Gasteiger charge is -2.12. The van der Waals surface area contributed by atoms with Crippen molar-refractivity contribution in [2.45, 2.75) is 6.61 Å². The molecule has 0 atom stereocenters. The van der Waals surface area contributed by atoms with Crippen molar-refractivity contribution in [2.75, 3.05) is 5.32 Å². The summed E-state index contributed by atoms with van der Waals surface area (Å²) in [4.78, 5) is 11.6. The average Bonchev–Trinajstić information content (AvgIpc) is 3.39. The summed E-state index contributed by atoms with van der Waals surface area (Å²) >= 11 is 6.16. The molecule has 9 heteroatoms. The van der Waals surface area contributed by atoms with E-state index in [2.05, 4.69) is 28.2 Å². The Balaban J connectivity index is 1.68. The first-order valence-corrected chi connectivity index (χ1v) is 9.61. The highest BCUT2D eigenvalue weighted by molar-refractivity contribution is 6.33. The number of nitriles is 1. The zero-order chi connectivity index (χ0) is 22.0. The number of nitrogens with zero attached hydrogens (tertiary/aromatic N) is 5. The van der Waals surface area contributed by atoms with Gasteiger partial charge in [-0.15, -0.1) is 0 Å². The van der Waals surface area contributed by atoms with E-state index in [1.54, 1.807) is 33.6 Å². The molecule has 0 unspecified atom stereocenters. The van der Waals surface area contributed by atoms with Crippen LogP contribution < -0.4 is 10.1 Å². The summed E-state index contributed by atoms with van der Waals surface area (Å²) in [5.41, 5.74) is 3.96. The topological polar surface area (TPSA) is 97.2 Å². The maximum absolute atomic E-state index is 11.6. The summed E-state index contributed by atoms with van der Waals surface area (Å²) in [6, 6.07) is 9.21. The van der Waals surface area contributed by atoms with Gasteiger partial charge in [0.05, 0.1) is 23.1 Å². The Morgan fingerprint density at radius 2 is 2.13 bits per heavy atom. The van der Waals surface area contributed by atoms with Gasteiger partial charge >= 0.3 is 0 Å². The van der Waals surface area contributed by atoms with E-state index in [0.717, 1.165) is 16.7 Å². The molecule has 4 aromatic rings. The van der Waals surface area contributed by atoms with Crippen molar-refractivity contribution in [2.24, 2.45) is 7.05 Å². The van der Waals surface area contributed by atoms with Gasteiger partial charge in [-0.05, 0) is 29.8 Å². The Labute approximate surface area is 182 Å². The molecule has 4 rings (SSSR count). The van der Waals surface area contributed by atoms with Gasteiger partial charge in [-0.1, -0.05) is 24.2 Å². The number of anilines is 1. The van der Waals surface area contributed by atoms with E-state index in [-0.39, 0.29) is 12.5 Å². The summed E-state index contributed by atoms with van der Waals surface area (Å²) in [5, 5.41) is 21.0. The predicted molar refractivity (Wildman–Crippen MR) is 117 cm³/mol. The van der Waals surface area contributed by atoms with Gasteiger partial charge in [0.1, 0.15) is 29.5 Å². The number of aryl methyl sites for hydroxylation is 1. The number of ether oxygens (including phenoxy) is 1. The number of hydrogen-bond donors (Lipinski definition) is 1. The first-order valence-electron chi connectivity index (χ1n) is 9.23. The molecule has 0 aliphatic rings. The number of nitrogens with one attached hydrogen (secondary N) is 1. The number of aromatic nitrogens is 4. The average molecular weight is 433 g/mol. The zero-order valence-corrected chi connectivity index (χ0v) is 17.3. The molecule has 8 nitrogen and oxygen atoms in total. The summed E-state index contributed by atoms with van der Waals surface area (Å²) < 4.78 is 9.41. The third kappa shape index (κ3) is 4.13. The molecule has 1 N–H and O–H groups in total. The Bertz CT molecular complexity index is 1350. The fourth-order valence-corrected chi connectivity index (χ4v) is 3.27. The monoisotopic (exact) mass is 432 g/mol. The van der Waals surface area contributed by atoms with E-state index in [4.69, 9.17) is 16.3 Å². The minimum Gasteiger partial charge on any atom is -0.487 e. The van der Waals surface area contributed by atoms with Crippen molar-refractivity contribution < 1.29 is 9.53 Å². The van der Waals surface area contributed by atoms with Gasteiger partial charge in [-0.3, -0.25) is 9.48 Å². The maximum atomic E-state index is 11.6. The summed E-state index contributed by atoms with van der Waals surface area (Å²) in [6.07, 6.45) is 8.12. The molecule has 3 aromatic heterocycles. The highest BCUT2D eigenvalue weighted by Gasteiger charge is 2.14. The molecule has 1 aromatic carbocycles. The lowest BCUT2D eigenvalue weighted by atomic mass is 10.1. The molecule has 0 saturated carbocycles. The largest absolute Gasteiger partial charge is 0.487 e. The number of halogens is 1. The van der Waals surface area contributed by atoms with Crippen molar-refractivity contribution in [1.82, 2.24) is 19.4 Å². The molecule has 0 radical (unpaired) electrons. The lowest BCUT2D eigenvalue weighted by Crippen LogP contribution is -2.08. The number of benzene rings is 1. The van der Waals surface area contributed by atoms with Gasteiger partial charge in [0.2, 0.25) is 5.91 Å². The van der Waals surface area contributed by atoms with Crippen LogP contribution in [0.2, 0.25) is 5.02 Å². The molecule has 1 amide bonds. The number of pyridine rings is 1. The van der Waals surface area contributed by atoms with Gasteiger partial charge in [-0.25, -0.2) is 4.52 Å². The second kappa shape index (κ2) is 8.34. The van der Waals surface area contributed by atoms with Crippen molar-refractivity contribution in [3.63, 3.8) is 0 Å². The van der Waals surface area contributed by atoms with Crippen LogP contribution in [-0.4, -0.2) is 25.3 Å². The molecule has 0 bridgehead atoms. The van der Waals surface area contributed by atoms with E-state index >= 15 is 0 Å². The molecule has 0 spiro atoms.